The van der Waals surface area contributed by atoms with E-state index in [2.05, 4.69) is 38.3 Å². The van der Waals surface area contributed by atoms with E-state index in [1.807, 2.05) is 12.1 Å². The minimum atomic E-state index is -0.432. The summed E-state index contributed by atoms with van der Waals surface area (Å²) in [7, 11) is 0. The summed E-state index contributed by atoms with van der Waals surface area (Å²) in [5.74, 6) is 1.63. The largest absolute Gasteiger partial charge is 0.490 e. The van der Waals surface area contributed by atoms with Crippen molar-refractivity contribution in [3.8, 4) is 23.0 Å². The maximum atomic E-state index is 13.9. The summed E-state index contributed by atoms with van der Waals surface area (Å²) in [6, 6.07) is 16.8. The predicted molar refractivity (Wildman–Crippen MR) is 368 cm³/mol. The molecule has 0 unspecified atom stereocenters. The molecular formula is C77H128N2O7. The van der Waals surface area contributed by atoms with Gasteiger partial charge in [0.2, 0.25) is 5.43 Å². The number of hydrogen-bond acceptors (Lipinski definition) is 7. The standard InChI is InChI=1S/C77H128N2O7/c1-5-9-13-17-21-25-29-33-37-41-45-49-61-83-72-59-53-67(65-74(72)85-63-51-47-43-39-35-31-27-23-19-15-11-7-3)76(81)78-69-55-57-70(71(80)58-56-69)79-77(82)68-54-60-73(84-62-50-46-42-38-34-30-26-22-18-14-10-6-2)75(66-68)86-64-52-48-44-40-36-32-28-24-20-16-12-8-4/h53-60,65-66H,5-52,61-64H2,1-4H3,(H,78,81)(H,79,80,82). The monoisotopic (exact) mass is 1190 g/mol. The molecule has 0 saturated carbocycles. The fraction of sp³-hybridized carbons (Fsp3) is 0.727. The maximum absolute atomic E-state index is 13.9. The number of nitrogens with one attached hydrogen (secondary N) is 2. The molecule has 0 atom stereocenters. The predicted octanol–water partition coefficient (Wildman–Crippen LogP) is 23.9. The van der Waals surface area contributed by atoms with E-state index in [9.17, 15) is 14.4 Å². The number of hydrogen-bond donors (Lipinski definition) is 2. The maximum Gasteiger partial charge on any atom is 0.255 e. The third kappa shape index (κ3) is 39.4. The first-order chi connectivity index (χ1) is 42.4. The number of anilines is 2. The molecule has 9 heteroatoms. The van der Waals surface area contributed by atoms with Gasteiger partial charge in [-0.3, -0.25) is 14.4 Å². The number of amides is 2. The highest BCUT2D eigenvalue weighted by Crippen LogP contribution is 2.32. The van der Waals surface area contributed by atoms with Crippen LogP contribution in [0.5, 0.6) is 23.0 Å². The van der Waals surface area contributed by atoms with Crippen LogP contribution in [0.3, 0.4) is 0 Å². The van der Waals surface area contributed by atoms with Crippen LogP contribution in [0.2, 0.25) is 0 Å². The van der Waals surface area contributed by atoms with Gasteiger partial charge in [0.15, 0.2) is 23.0 Å². The van der Waals surface area contributed by atoms with E-state index in [4.69, 9.17) is 18.9 Å². The van der Waals surface area contributed by atoms with Crippen LogP contribution in [-0.2, 0) is 0 Å². The van der Waals surface area contributed by atoms with Gasteiger partial charge in [0.25, 0.3) is 11.8 Å². The van der Waals surface area contributed by atoms with Crippen LogP contribution in [0.1, 0.15) is 357 Å². The first-order valence-corrected chi connectivity index (χ1v) is 36.5. The van der Waals surface area contributed by atoms with Crippen LogP contribution in [0, 0.1) is 0 Å². The van der Waals surface area contributed by atoms with Gasteiger partial charge in [-0.25, -0.2) is 0 Å². The van der Waals surface area contributed by atoms with Crippen LogP contribution in [0.25, 0.3) is 0 Å². The Kier molecular flexibility index (Phi) is 48.1. The van der Waals surface area contributed by atoms with Gasteiger partial charge in [-0.15, -0.1) is 0 Å². The lowest BCUT2D eigenvalue weighted by Crippen LogP contribution is -2.17. The van der Waals surface area contributed by atoms with E-state index in [1.165, 1.54) is 263 Å². The smallest absolute Gasteiger partial charge is 0.255 e. The van der Waals surface area contributed by atoms with Crippen molar-refractivity contribution in [3.05, 3.63) is 82.0 Å². The van der Waals surface area contributed by atoms with Crippen molar-refractivity contribution in [2.45, 2.75) is 336 Å². The van der Waals surface area contributed by atoms with E-state index >= 15 is 0 Å². The molecule has 488 valence electrons. The van der Waals surface area contributed by atoms with E-state index in [-0.39, 0.29) is 17.0 Å². The quantitative estimate of drug-likeness (QED) is 0.0542. The highest BCUT2D eigenvalue weighted by molar-refractivity contribution is 6.06. The van der Waals surface area contributed by atoms with Gasteiger partial charge in [-0.2, -0.15) is 0 Å². The molecule has 0 fully saturated rings. The van der Waals surface area contributed by atoms with Gasteiger partial charge >= 0.3 is 0 Å². The van der Waals surface area contributed by atoms with E-state index in [0.717, 1.165) is 51.4 Å². The first kappa shape index (κ1) is 75.7. The third-order valence-electron chi connectivity index (χ3n) is 17.0. The Morgan fingerprint density at radius 3 is 0.814 bits per heavy atom. The van der Waals surface area contributed by atoms with Crippen molar-refractivity contribution in [1.29, 1.82) is 0 Å². The molecule has 2 amide bonds. The molecule has 0 spiro atoms. The fourth-order valence-corrected chi connectivity index (χ4v) is 11.4. The fourth-order valence-electron chi connectivity index (χ4n) is 11.4. The molecule has 0 bridgehead atoms. The molecule has 0 heterocycles. The number of unbranched alkanes of at least 4 members (excludes halogenated alkanes) is 44. The molecular weight excluding hydrogens is 1060 g/mol. The summed E-state index contributed by atoms with van der Waals surface area (Å²) in [5.41, 5.74) is 0.929. The Labute approximate surface area is 527 Å². The molecule has 0 radical (unpaired) electrons. The summed E-state index contributed by atoms with van der Waals surface area (Å²) in [6.45, 7) is 11.4. The van der Waals surface area contributed by atoms with Crippen LogP contribution in [0.15, 0.2) is 65.5 Å². The summed E-state index contributed by atoms with van der Waals surface area (Å²) in [5, 5.41) is 5.81. The summed E-state index contributed by atoms with van der Waals surface area (Å²) in [6.07, 6.45) is 61.2. The number of carbonyl (C=O) groups is 2. The zero-order valence-corrected chi connectivity index (χ0v) is 55.9. The van der Waals surface area contributed by atoms with Crippen molar-refractivity contribution in [3.63, 3.8) is 0 Å². The van der Waals surface area contributed by atoms with Crippen molar-refractivity contribution in [2.75, 3.05) is 37.1 Å². The lowest BCUT2D eigenvalue weighted by molar-refractivity contribution is 0.101. The normalized spacial score (nSPS) is 11.3. The summed E-state index contributed by atoms with van der Waals surface area (Å²) in [4.78, 5) is 41.2. The summed E-state index contributed by atoms with van der Waals surface area (Å²) >= 11 is 0. The molecule has 86 heavy (non-hydrogen) atoms. The van der Waals surface area contributed by atoms with Gasteiger partial charge in [0, 0.05) is 16.8 Å². The van der Waals surface area contributed by atoms with E-state index in [0.29, 0.717) is 66.2 Å². The topological polar surface area (TPSA) is 112 Å². The highest BCUT2D eigenvalue weighted by atomic mass is 16.5. The zero-order valence-electron chi connectivity index (χ0n) is 55.9. The molecule has 0 aliphatic rings. The van der Waals surface area contributed by atoms with Gasteiger partial charge in [-0.05, 0) is 86.3 Å². The average molecular weight is 1190 g/mol. The van der Waals surface area contributed by atoms with E-state index < -0.39 is 5.91 Å². The third-order valence-corrected chi connectivity index (χ3v) is 17.0. The Morgan fingerprint density at radius 2 is 0.523 bits per heavy atom. The molecule has 0 saturated heterocycles. The second kappa shape index (κ2) is 54.6. The molecule has 3 aromatic carbocycles. The van der Waals surface area contributed by atoms with Crippen LogP contribution >= 0.6 is 0 Å². The molecule has 9 nitrogen and oxygen atoms in total. The van der Waals surface area contributed by atoms with Gasteiger partial charge in [-0.1, -0.05) is 310 Å². The van der Waals surface area contributed by atoms with Crippen LogP contribution in [-0.4, -0.2) is 38.2 Å². The Hall–Kier alpha value is -4.53. The molecule has 3 rings (SSSR count). The number of ether oxygens (including phenoxy) is 4. The SMILES string of the molecule is CCCCCCCCCCCCCCOc1ccc(C(=O)Nc2ccc(NC(=O)c3ccc(OCCCCCCCCCCCCCC)c(OCCCCCCCCCCCCCC)c3)c(=O)cc2)cc1OCCCCCCCCCCCCCC. The average Bonchev–Trinajstić information content (AvgIpc) is 3.59. The number of benzene rings is 2. The van der Waals surface area contributed by atoms with Crippen molar-refractivity contribution >= 4 is 23.2 Å². The lowest BCUT2D eigenvalue weighted by atomic mass is 10.1. The second-order valence-corrected chi connectivity index (χ2v) is 25.1. The lowest BCUT2D eigenvalue weighted by Gasteiger charge is -2.15. The molecule has 3 aromatic rings. The molecule has 2 N–H and O–H groups in total. The second-order valence-electron chi connectivity index (χ2n) is 25.1. The Balaban J connectivity index is 1.59. The Morgan fingerprint density at radius 1 is 0.279 bits per heavy atom. The van der Waals surface area contributed by atoms with Crippen molar-refractivity contribution in [1.82, 2.24) is 0 Å². The molecule has 0 aliphatic carbocycles. The van der Waals surface area contributed by atoms with Crippen LogP contribution in [0.4, 0.5) is 11.4 Å². The Bertz CT molecular complexity index is 2160. The number of carbonyl (C=O) groups excluding carboxylic acids is 2. The van der Waals surface area contributed by atoms with Crippen molar-refractivity contribution in [2.24, 2.45) is 0 Å². The van der Waals surface area contributed by atoms with E-state index in [1.54, 1.807) is 42.5 Å². The molecule has 0 aromatic heterocycles. The minimum Gasteiger partial charge on any atom is -0.490 e. The van der Waals surface area contributed by atoms with Crippen LogP contribution < -0.4 is 35.0 Å². The minimum absolute atomic E-state index is 0.102. The zero-order chi connectivity index (χ0) is 61.4. The summed E-state index contributed by atoms with van der Waals surface area (Å²) < 4.78 is 25.4. The molecule has 0 aliphatic heterocycles. The highest BCUT2D eigenvalue weighted by Gasteiger charge is 2.16. The number of rotatable bonds is 60. The first-order valence-electron chi connectivity index (χ1n) is 36.5. The van der Waals surface area contributed by atoms with Gasteiger partial charge in [0.1, 0.15) is 0 Å². The van der Waals surface area contributed by atoms with Gasteiger partial charge in [0.05, 0.1) is 32.1 Å². The van der Waals surface area contributed by atoms with Crippen molar-refractivity contribution < 1.29 is 28.5 Å². The van der Waals surface area contributed by atoms with Gasteiger partial charge < -0.3 is 29.6 Å².